The van der Waals surface area contributed by atoms with Gasteiger partial charge in [0.05, 0.1) is 5.56 Å². The van der Waals surface area contributed by atoms with Crippen LogP contribution in [-0.2, 0) is 11.3 Å². The topological polar surface area (TPSA) is 58.6 Å². The molecule has 1 aliphatic carbocycles. The molecule has 6 heteroatoms. The summed E-state index contributed by atoms with van der Waals surface area (Å²) in [6.45, 7) is 5.97. The van der Waals surface area contributed by atoms with E-state index in [9.17, 15) is 14.0 Å². The van der Waals surface area contributed by atoms with E-state index in [0.717, 1.165) is 31.2 Å². The van der Waals surface area contributed by atoms with Crippen LogP contribution in [0.15, 0.2) is 18.2 Å². The molecule has 2 amide bonds. The van der Waals surface area contributed by atoms with E-state index in [-0.39, 0.29) is 23.6 Å². The second kappa shape index (κ2) is 6.65. The first-order valence-corrected chi connectivity index (χ1v) is 8.82. The lowest BCUT2D eigenvalue weighted by molar-refractivity contribution is 0.0461. The van der Waals surface area contributed by atoms with Gasteiger partial charge in [0, 0.05) is 18.6 Å². The lowest BCUT2D eigenvalue weighted by atomic mass is 9.90. The number of carbonyl (C=O) groups excluding carboxylic acids is 2. The second-order valence-corrected chi connectivity index (χ2v) is 7.86. The zero-order valence-corrected chi connectivity index (χ0v) is 15.0. The Hall–Kier alpha value is -2.11. The lowest BCUT2D eigenvalue weighted by Gasteiger charge is -2.35. The third-order valence-corrected chi connectivity index (χ3v) is 4.77. The molecule has 0 unspecified atom stereocenters. The third-order valence-electron chi connectivity index (χ3n) is 4.77. The number of hydrogen-bond donors (Lipinski definition) is 1. The molecule has 1 N–H and O–H groups in total. The van der Waals surface area contributed by atoms with Crippen molar-refractivity contribution in [1.29, 1.82) is 0 Å². The highest BCUT2D eigenvalue weighted by Gasteiger charge is 2.36. The van der Waals surface area contributed by atoms with Crippen LogP contribution in [0.25, 0.3) is 0 Å². The van der Waals surface area contributed by atoms with Crippen molar-refractivity contribution in [3.63, 3.8) is 0 Å². The summed E-state index contributed by atoms with van der Waals surface area (Å²) >= 11 is 0. The van der Waals surface area contributed by atoms with Crippen LogP contribution < -0.4 is 5.32 Å². The number of halogens is 1. The maximum Gasteiger partial charge on any atom is 0.407 e. The molecule has 1 aromatic rings. The standard InChI is InChI=1S/C19H25FN2O3/c1-19(2,3)25-18(24)21-13-7-9-14(10-8-13)22-11-12-5-4-6-15(20)16(12)17(22)23/h4-6,13-14H,7-11H2,1-3H3,(H,21,24). The molecule has 3 rings (SSSR count). The summed E-state index contributed by atoms with van der Waals surface area (Å²) in [6.07, 6.45) is 2.76. The number of benzene rings is 1. The number of nitrogens with one attached hydrogen (secondary N) is 1. The van der Waals surface area contributed by atoms with E-state index in [2.05, 4.69) is 5.32 Å². The van der Waals surface area contributed by atoms with Gasteiger partial charge in [-0.3, -0.25) is 4.79 Å². The number of alkyl carbamates (subject to hydrolysis) is 1. The maximum absolute atomic E-state index is 13.9. The minimum absolute atomic E-state index is 0.0583. The summed E-state index contributed by atoms with van der Waals surface area (Å²) in [6, 6.07) is 4.94. The molecule has 0 radical (unpaired) electrons. The van der Waals surface area contributed by atoms with Gasteiger partial charge in [0.2, 0.25) is 0 Å². The van der Waals surface area contributed by atoms with Crippen LogP contribution in [0.2, 0.25) is 0 Å². The molecule has 1 aromatic carbocycles. The Morgan fingerprint density at radius 1 is 1.24 bits per heavy atom. The van der Waals surface area contributed by atoms with Crippen molar-refractivity contribution in [2.24, 2.45) is 0 Å². The fourth-order valence-electron chi connectivity index (χ4n) is 3.64. The van der Waals surface area contributed by atoms with E-state index in [1.807, 2.05) is 26.8 Å². The van der Waals surface area contributed by atoms with Gasteiger partial charge in [-0.2, -0.15) is 0 Å². The first-order chi connectivity index (χ1) is 11.7. The van der Waals surface area contributed by atoms with E-state index in [1.54, 1.807) is 11.0 Å². The molecule has 2 aliphatic rings. The zero-order valence-electron chi connectivity index (χ0n) is 15.0. The van der Waals surface area contributed by atoms with Crippen molar-refractivity contribution in [2.45, 2.75) is 70.7 Å². The number of amides is 2. The van der Waals surface area contributed by atoms with E-state index in [0.29, 0.717) is 6.54 Å². The van der Waals surface area contributed by atoms with Gasteiger partial charge in [-0.25, -0.2) is 9.18 Å². The van der Waals surface area contributed by atoms with Crippen molar-refractivity contribution >= 4 is 12.0 Å². The van der Waals surface area contributed by atoms with Crippen molar-refractivity contribution in [1.82, 2.24) is 10.2 Å². The average Bonchev–Trinajstić information content (AvgIpc) is 2.84. The van der Waals surface area contributed by atoms with Gasteiger partial charge in [-0.05, 0) is 58.1 Å². The predicted octanol–water partition coefficient (Wildman–Crippen LogP) is 3.62. The van der Waals surface area contributed by atoms with Crippen LogP contribution in [0.5, 0.6) is 0 Å². The fourth-order valence-corrected chi connectivity index (χ4v) is 3.64. The van der Waals surface area contributed by atoms with E-state index < -0.39 is 17.5 Å². The largest absolute Gasteiger partial charge is 0.444 e. The highest BCUT2D eigenvalue weighted by molar-refractivity contribution is 5.98. The Morgan fingerprint density at radius 3 is 2.52 bits per heavy atom. The number of fused-ring (bicyclic) bond motifs is 1. The highest BCUT2D eigenvalue weighted by Crippen LogP contribution is 2.32. The van der Waals surface area contributed by atoms with Gasteiger partial charge in [-0.1, -0.05) is 12.1 Å². The molecule has 5 nitrogen and oxygen atoms in total. The number of rotatable bonds is 2. The molecular formula is C19H25FN2O3. The summed E-state index contributed by atoms with van der Waals surface area (Å²) in [7, 11) is 0. The molecule has 136 valence electrons. The summed E-state index contributed by atoms with van der Waals surface area (Å²) in [5.41, 5.74) is 0.467. The summed E-state index contributed by atoms with van der Waals surface area (Å²) in [5.74, 6) is -0.651. The molecule has 25 heavy (non-hydrogen) atoms. The molecule has 1 saturated carbocycles. The number of ether oxygens (including phenoxy) is 1. The number of hydrogen-bond acceptors (Lipinski definition) is 3. The maximum atomic E-state index is 13.9. The Labute approximate surface area is 147 Å². The van der Waals surface area contributed by atoms with Crippen molar-refractivity contribution in [2.75, 3.05) is 0 Å². The fraction of sp³-hybridized carbons (Fsp3) is 0.579. The molecule has 0 atom stereocenters. The molecule has 0 spiro atoms. The lowest BCUT2D eigenvalue weighted by Crippen LogP contribution is -2.45. The van der Waals surface area contributed by atoms with E-state index in [1.165, 1.54) is 6.07 Å². The normalized spacial score (nSPS) is 23.4. The SMILES string of the molecule is CC(C)(C)OC(=O)NC1CCC(N2Cc3cccc(F)c3C2=O)CC1. The molecular weight excluding hydrogens is 323 g/mol. The average molecular weight is 348 g/mol. The van der Waals surface area contributed by atoms with Crippen LogP contribution in [-0.4, -0.2) is 34.6 Å². The quantitative estimate of drug-likeness (QED) is 0.888. The zero-order chi connectivity index (χ0) is 18.2. The van der Waals surface area contributed by atoms with E-state index in [4.69, 9.17) is 4.74 Å². The summed E-state index contributed by atoms with van der Waals surface area (Å²) in [4.78, 5) is 26.2. The molecule has 1 fully saturated rings. The first kappa shape index (κ1) is 17.7. The second-order valence-electron chi connectivity index (χ2n) is 7.86. The summed E-state index contributed by atoms with van der Waals surface area (Å²) < 4.78 is 19.2. The molecule has 0 aromatic heterocycles. The van der Waals surface area contributed by atoms with Crippen LogP contribution in [0.1, 0.15) is 62.4 Å². The minimum Gasteiger partial charge on any atom is -0.444 e. The van der Waals surface area contributed by atoms with Gasteiger partial charge in [0.25, 0.3) is 5.91 Å². The number of carbonyl (C=O) groups is 2. The van der Waals surface area contributed by atoms with Gasteiger partial charge in [-0.15, -0.1) is 0 Å². The van der Waals surface area contributed by atoms with Gasteiger partial charge >= 0.3 is 6.09 Å². The Balaban J connectivity index is 1.55. The number of nitrogens with zero attached hydrogens (tertiary/aromatic N) is 1. The Bertz CT molecular complexity index is 676. The summed E-state index contributed by atoms with van der Waals surface area (Å²) in [5, 5.41) is 2.90. The van der Waals surface area contributed by atoms with Crippen LogP contribution in [0, 0.1) is 5.82 Å². The van der Waals surface area contributed by atoms with Crippen molar-refractivity contribution in [3.8, 4) is 0 Å². The van der Waals surface area contributed by atoms with Crippen LogP contribution in [0.4, 0.5) is 9.18 Å². The van der Waals surface area contributed by atoms with Crippen LogP contribution in [0.3, 0.4) is 0 Å². The smallest absolute Gasteiger partial charge is 0.407 e. The third kappa shape index (κ3) is 3.94. The first-order valence-electron chi connectivity index (χ1n) is 8.82. The van der Waals surface area contributed by atoms with Gasteiger partial charge in [0.15, 0.2) is 0 Å². The molecule has 0 bridgehead atoms. The molecule has 0 saturated heterocycles. The minimum atomic E-state index is -0.515. The van der Waals surface area contributed by atoms with E-state index >= 15 is 0 Å². The molecule has 1 heterocycles. The Morgan fingerprint density at radius 2 is 1.92 bits per heavy atom. The van der Waals surface area contributed by atoms with Crippen molar-refractivity contribution in [3.05, 3.63) is 35.1 Å². The van der Waals surface area contributed by atoms with Crippen molar-refractivity contribution < 1.29 is 18.7 Å². The molecule has 1 aliphatic heterocycles. The monoisotopic (exact) mass is 348 g/mol. The van der Waals surface area contributed by atoms with Crippen LogP contribution >= 0.6 is 0 Å². The predicted molar refractivity (Wildman–Crippen MR) is 91.7 cm³/mol. The van der Waals surface area contributed by atoms with Gasteiger partial charge < -0.3 is 15.0 Å². The highest BCUT2D eigenvalue weighted by atomic mass is 19.1. The Kier molecular flexibility index (Phi) is 4.71. The van der Waals surface area contributed by atoms with Gasteiger partial charge in [0.1, 0.15) is 11.4 Å².